The molecule has 3 aromatic carbocycles. The molecule has 1 N–H and O–H groups in total. The van der Waals surface area contributed by atoms with Gasteiger partial charge in [-0.25, -0.2) is 0 Å². The Kier molecular flexibility index (Phi) is 8.06. The van der Waals surface area contributed by atoms with E-state index in [0.717, 1.165) is 10.9 Å². The third kappa shape index (κ3) is 5.39. The normalized spacial score (nSPS) is 12.6. The summed E-state index contributed by atoms with van der Waals surface area (Å²) in [6.45, 7) is 11.1. The van der Waals surface area contributed by atoms with E-state index in [4.69, 9.17) is 4.98 Å². The summed E-state index contributed by atoms with van der Waals surface area (Å²) >= 11 is 2.26. The second kappa shape index (κ2) is 10.7. The summed E-state index contributed by atoms with van der Waals surface area (Å²) in [6.07, 6.45) is 3.30. The van der Waals surface area contributed by atoms with Crippen molar-refractivity contribution in [2.75, 3.05) is 0 Å². The third-order valence-electron chi connectivity index (χ3n) is 6.40. The summed E-state index contributed by atoms with van der Waals surface area (Å²) in [5, 5.41) is 16.0. The number of aliphatic hydroxyl groups is 1. The maximum absolute atomic E-state index is 11.5. The van der Waals surface area contributed by atoms with Crippen molar-refractivity contribution >= 4 is 82.0 Å². The first kappa shape index (κ1) is 28.7. The zero-order chi connectivity index (χ0) is 26.5. The summed E-state index contributed by atoms with van der Waals surface area (Å²) in [5.74, 6) is 0.104. The van der Waals surface area contributed by atoms with E-state index in [1.54, 1.807) is 0 Å². The first-order valence-corrected chi connectivity index (χ1v) is 14.9. The topological polar surface area (TPSA) is 50.2 Å². The van der Waals surface area contributed by atoms with Gasteiger partial charge in [-0.05, 0) is 0 Å². The molecule has 3 aromatic heterocycles. The van der Waals surface area contributed by atoms with Gasteiger partial charge in [0.15, 0.2) is 5.78 Å². The molecular formula is C32H30IrNO2SSe-. The summed E-state index contributed by atoms with van der Waals surface area (Å²) in [5.41, 5.74) is 0.339. The van der Waals surface area contributed by atoms with Crippen LogP contribution >= 0.6 is 11.3 Å². The van der Waals surface area contributed by atoms with Crippen LogP contribution in [-0.2, 0) is 24.9 Å². The zero-order valence-corrected chi connectivity index (χ0v) is 27.2. The number of rotatable bonds is 1. The van der Waals surface area contributed by atoms with Gasteiger partial charge in [0.1, 0.15) is 5.76 Å². The number of pyridine rings is 1. The Bertz CT molecular complexity index is 1830. The Labute approximate surface area is 246 Å². The van der Waals surface area contributed by atoms with Crippen molar-refractivity contribution in [3.05, 3.63) is 78.7 Å². The van der Waals surface area contributed by atoms with Gasteiger partial charge < -0.3 is 5.11 Å². The van der Waals surface area contributed by atoms with Crippen LogP contribution < -0.4 is 0 Å². The van der Waals surface area contributed by atoms with Crippen LogP contribution in [0.25, 0.3) is 50.4 Å². The van der Waals surface area contributed by atoms with Gasteiger partial charge in [-0.2, -0.15) is 0 Å². The van der Waals surface area contributed by atoms with E-state index in [9.17, 15) is 9.90 Å². The number of aromatic nitrogens is 1. The van der Waals surface area contributed by atoms with E-state index in [2.05, 4.69) is 60.7 Å². The van der Waals surface area contributed by atoms with E-state index >= 15 is 0 Å². The minimum atomic E-state index is -0.417. The first-order chi connectivity index (χ1) is 17.4. The molecular weight excluding hydrogens is 734 g/mol. The van der Waals surface area contributed by atoms with E-state index in [1.807, 2.05) is 59.1 Å². The molecule has 3 heterocycles. The molecule has 197 valence electrons. The molecule has 6 rings (SSSR count). The Morgan fingerprint density at radius 2 is 1.66 bits per heavy atom. The van der Waals surface area contributed by atoms with Crippen molar-refractivity contribution in [2.45, 2.75) is 41.5 Å². The molecule has 0 saturated heterocycles. The third-order valence-corrected chi connectivity index (χ3v) is 9.94. The fourth-order valence-electron chi connectivity index (χ4n) is 4.14. The molecule has 0 saturated carbocycles. The van der Waals surface area contributed by atoms with Crippen LogP contribution in [-0.4, -0.2) is 30.4 Å². The molecule has 3 nitrogen and oxygen atoms in total. The molecule has 0 aliphatic rings. The van der Waals surface area contributed by atoms with Gasteiger partial charge in [-0.1, -0.05) is 41.5 Å². The van der Waals surface area contributed by atoms with Crippen molar-refractivity contribution < 1.29 is 30.0 Å². The molecule has 1 radical (unpaired) electrons. The van der Waals surface area contributed by atoms with Crippen molar-refractivity contribution in [2.24, 2.45) is 10.8 Å². The molecule has 0 unspecified atom stereocenters. The number of allylic oxidation sites excluding steroid dienone is 2. The van der Waals surface area contributed by atoms with E-state index in [-0.39, 0.29) is 37.1 Å². The number of hydrogen-bond donors (Lipinski definition) is 1. The number of carbonyl (C=O) groups is 1. The van der Waals surface area contributed by atoms with Crippen molar-refractivity contribution in [1.82, 2.24) is 4.98 Å². The van der Waals surface area contributed by atoms with Crippen LogP contribution in [0, 0.1) is 16.9 Å². The number of ketones is 1. The van der Waals surface area contributed by atoms with E-state index < -0.39 is 5.41 Å². The molecule has 0 fully saturated rings. The molecule has 0 spiro atoms. The van der Waals surface area contributed by atoms with Crippen LogP contribution in [0.5, 0.6) is 0 Å². The van der Waals surface area contributed by atoms with Gasteiger partial charge in [0.05, 0.1) is 0 Å². The molecule has 38 heavy (non-hydrogen) atoms. The molecule has 6 aromatic rings. The fourth-order valence-corrected chi connectivity index (χ4v) is 7.88. The number of hydrogen-bond acceptors (Lipinski definition) is 4. The Hall–Kier alpha value is -2.33. The Morgan fingerprint density at radius 3 is 2.37 bits per heavy atom. The standard InChI is InChI=1S/C21H10NSSe.C11H20O2.Ir/c1-2-5-13-12(4-1)8-9-14-20-19-17(10-11-22-20)24-16-7-3-6-15(18(16)19)23-21(13)14;1-10(2,3)8(12)7-9(13)11(4,5)6;/h1-8,10-11H;7,12H,1-6H3;/q-1;;/b;8-7-;. The average Bonchev–Trinajstić information content (AvgIpc) is 3.15. The predicted octanol–water partition coefficient (Wildman–Crippen LogP) is 8.85. The monoisotopic (exact) mass is 765 g/mol. The molecule has 0 amide bonds. The van der Waals surface area contributed by atoms with Gasteiger partial charge in [-0.3, -0.25) is 4.79 Å². The number of fused-ring (bicyclic) bond motifs is 4. The summed E-state index contributed by atoms with van der Waals surface area (Å²) in [4.78, 5) is 16.3. The van der Waals surface area contributed by atoms with Crippen molar-refractivity contribution in [3.63, 3.8) is 0 Å². The average molecular weight is 764 g/mol. The van der Waals surface area contributed by atoms with Crippen LogP contribution in [0.2, 0.25) is 0 Å². The van der Waals surface area contributed by atoms with Crippen molar-refractivity contribution in [3.8, 4) is 0 Å². The van der Waals surface area contributed by atoms with Crippen LogP contribution in [0.1, 0.15) is 41.5 Å². The van der Waals surface area contributed by atoms with Gasteiger partial charge >= 0.3 is 148 Å². The molecule has 0 bridgehead atoms. The second-order valence-corrected chi connectivity index (χ2v) is 14.7. The molecule has 6 heteroatoms. The summed E-state index contributed by atoms with van der Waals surface area (Å²) in [6, 6.07) is 23.1. The molecule has 0 atom stereocenters. The zero-order valence-electron chi connectivity index (χ0n) is 22.3. The minimum absolute atomic E-state index is 0. The fraction of sp³-hybridized carbons (Fsp3) is 0.250. The van der Waals surface area contributed by atoms with Gasteiger partial charge in [0.25, 0.3) is 0 Å². The van der Waals surface area contributed by atoms with Gasteiger partial charge in [-0.15, -0.1) is 0 Å². The van der Waals surface area contributed by atoms with Crippen molar-refractivity contribution in [1.29, 1.82) is 0 Å². The molecule has 0 aliphatic heterocycles. The number of nitrogens with zero attached hydrogens (tertiary/aromatic N) is 1. The van der Waals surface area contributed by atoms with E-state index in [0.29, 0.717) is 14.5 Å². The second-order valence-electron chi connectivity index (χ2n) is 11.3. The SMILES string of the molecule is CC(C)(C)C(=O)/C=C(\O)C(C)(C)C.[Ir].[c-]1cc2ccccc2c2sc3cccc4[se]c5ccnc(c12)c5c34. The van der Waals surface area contributed by atoms with Gasteiger partial charge in [0.2, 0.25) is 0 Å². The van der Waals surface area contributed by atoms with Crippen LogP contribution in [0.3, 0.4) is 0 Å². The van der Waals surface area contributed by atoms with Gasteiger partial charge in [0, 0.05) is 37.0 Å². The number of benzene rings is 3. The van der Waals surface area contributed by atoms with Crippen LogP contribution in [0.4, 0.5) is 0 Å². The quantitative estimate of drug-likeness (QED) is 0.0789. The Balaban J connectivity index is 0.000000209. The predicted molar refractivity (Wildman–Crippen MR) is 160 cm³/mol. The molecule has 0 aliphatic carbocycles. The van der Waals surface area contributed by atoms with E-state index in [1.165, 1.54) is 45.5 Å². The number of aliphatic hydroxyl groups excluding tert-OH is 1. The van der Waals surface area contributed by atoms with Crippen LogP contribution in [0.15, 0.2) is 72.6 Å². The number of carbonyl (C=O) groups excluding carboxylic acids is 1. The summed E-state index contributed by atoms with van der Waals surface area (Å²) < 4.78 is 5.56. The Morgan fingerprint density at radius 1 is 0.947 bits per heavy atom. The maximum atomic E-state index is 11.5. The summed E-state index contributed by atoms with van der Waals surface area (Å²) in [7, 11) is 0. The first-order valence-electron chi connectivity index (χ1n) is 12.3.